The minimum absolute atomic E-state index is 0.0711. The Hall–Kier alpha value is -2.47. The second-order valence-corrected chi connectivity index (χ2v) is 5.69. The summed E-state index contributed by atoms with van der Waals surface area (Å²) >= 11 is 6.08. The Kier molecular flexibility index (Phi) is 4.49. The van der Waals surface area contributed by atoms with E-state index in [-0.39, 0.29) is 18.4 Å². The third-order valence-electron chi connectivity index (χ3n) is 3.71. The monoisotopic (exact) mass is 351 g/mol. The zero-order valence-electron chi connectivity index (χ0n) is 13.1. The number of carbonyl (C=O) groups excluding carboxylic acids is 1. The van der Waals surface area contributed by atoms with Crippen molar-refractivity contribution in [3.8, 4) is 17.2 Å². The van der Waals surface area contributed by atoms with Gasteiger partial charge in [-0.2, -0.15) is 0 Å². The number of methoxy groups -OCH3 is 1. The summed E-state index contributed by atoms with van der Waals surface area (Å²) in [6.07, 6.45) is 0. The van der Waals surface area contributed by atoms with Crippen molar-refractivity contribution >= 4 is 17.5 Å². The van der Waals surface area contributed by atoms with Crippen LogP contribution in [0.2, 0.25) is 5.02 Å². The lowest BCUT2D eigenvalue weighted by Gasteiger charge is -2.15. The van der Waals surface area contributed by atoms with Gasteiger partial charge in [0, 0.05) is 5.56 Å². The maximum Gasteiger partial charge on any atom is 0.251 e. The molecule has 1 atom stereocenters. The minimum Gasteiger partial charge on any atom is -0.494 e. The molecule has 0 fully saturated rings. The predicted molar refractivity (Wildman–Crippen MR) is 86.4 cm³/mol. The van der Waals surface area contributed by atoms with E-state index in [4.69, 9.17) is 25.8 Å². The molecule has 5 nitrogen and oxygen atoms in total. The van der Waals surface area contributed by atoms with Gasteiger partial charge in [0.25, 0.3) is 5.91 Å². The zero-order valence-corrected chi connectivity index (χ0v) is 13.8. The molecule has 0 aliphatic carbocycles. The van der Waals surface area contributed by atoms with Crippen molar-refractivity contribution in [2.45, 2.75) is 13.0 Å². The number of nitrogens with one attached hydrogen (secondary N) is 1. The number of benzene rings is 2. The Morgan fingerprint density at radius 2 is 2.12 bits per heavy atom. The third kappa shape index (κ3) is 3.10. The molecule has 0 unspecified atom stereocenters. The fourth-order valence-corrected chi connectivity index (χ4v) is 2.68. The lowest BCUT2D eigenvalue weighted by atomic mass is 10.1. The number of hydrogen-bond donors (Lipinski definition) is 1. The fraction of sp³-hybridized carbons (Fsp3) is 0.235. The van der Waals surface area contributed by atoms with Gasteiger partial charge in [0.1, 0.15) is 0 Å². The highest BCUT2D eigenvalue weighted by molar-refractivity contribution is 6.32. The van der Waals surface area contributed by atoms with Crippen molar-refractivity contribution < 1.29 is 23.4 Å². The molecule has 0 spiro atoms. The molecule has 1 N–H and O–H groups in total. The lowest BCUT2D eigenvalue weighted by Crippen LogP contribution is -2.26. The van der Waals surface area contributed by atoms with Crippen LogP contribution in [0.5, 0.6) is 17.2 Å². The highest BCUT2D eigenvalue weighted by Gasteiger charge is 2.21. The van der Waals surface area contributed by atoms with E-state index in [0.29, 0.717) is 27.6 Å². The van der Waals surface area contributed by atoms with Gasteiger partial charge in [0.05, 0.1) is 18.2 Å². The molecule has 0 radical (unpaired) electrons. The molecule has 0 saturated carbocycles. The van der Waals surface area contributed by atoms with Gasteiger partial charge >= 0.3 is 0 Å². The quantitative estimate of drug-likeness (QED) is 0.912. The Morgan fingerprint density at radius 1 is 1.33 bits per heavy atom. The molecular weight excluding hydrogens is 337 g/mol. The number of rotatable bonds is 4. The normalized spacial score (nSPS) is 13.5. The van der Waals surface area contributed by atoms with Crippen LogP contribution in [0.4, 0.5) is 4.39 Å². The number of amides is 1. The largest absolute Gasteiger partial charge is 0.494 e. The topological polar surface area (TPSA) is 56.8 Å². The first-order valence-electron chi connectivity index (χ1n) is 7.23. The van der Waals surface area contributed by atoms with Crippen molar-refractivity contribution in [2.24, 2.45) is 0 Å². The molecule has 24 heavy (non-hydrogen) atoms. The molecule has 7 heteroatoms. The summed E-state index contributed by atoms with van der Waals surface area (Å²) in [5.74, 6) is 0.176. The highest BCUT2D eigenvalue weighted by Crippen LogP contribution is 2.39. The molecule has 0 saturated heterocycles. The van der Waals surface area contributed by atoms with Gasteiger partial charge in [-0.05, 0) is 36.8 Å². The van der Waals surface area contributed by atoms with Gasteiger partial charge in [-0.25, -0.2) is 4.39 Å². The summed E-state index contributed by atoms with van der Waals surface area (Å²) in [6.45, 7) is 1.83. The molecule has 2 aromatic carbocycles. The van der Waals surface area contributed by atoms with E-state index in [1.54, 1.807) is 19.1 Å². The summed E-state index contributed by atoms with van der Waals surface area (Å²) in [7, 11) is 1.40. The zero-order chi connectivity index (χ0) is 17.3. The Bertz CT molecular complexity index is 796. The molecule has 1 aliphatic heterocycles. The van der Waals surface area contributed by atoms with Crippen molar-refractivity contribution in [3.05, 3.63) is 52.3 Å². The lowest BCUT2D eigenvalue weighted by molar-refractivity contribution is 0.0939. The highest BCUT2D eigenvalue weighted by atomic mass is 35.5. The summed E-state index contributed by atoms with van der Waals surface area (Å²) < 4.78 is 29.1. The van der Waals surface area contributed by atoms with Gasteiger partial charge < -0.3 is 19.5 Å². The number of hydrogen-bond acceptors (Lipinski definition) is 4. The molecule has 2 aromatic rings. The van der Waals surface area contributed by atoms with E-state index in [2.05, 4.69) is 5.32 Å². The fourth-order valence-electron chi connectivity index (χ4n) is 2.41. The van der Waals surface area contributed by atoms with Crippen LogP contribution in [0.15, 0.2) is 30.3 Å². The minimum atomic E-state index is -0.484. The molecular formula is C17H15ClFNO4. The SMILES string of the molecule is COc1ccc([C@H](C)NC(=O)c2cc(Cl)c3c(c2)OCO3)cc1F. The van der Waals surface area contributed by atoms with Gasteiger partial charge in [0.2, 0.25) is 6.79 Å². The Morgan fingerprint density at radius 3 is 2.83 bits per heavy atom. The number of fused-ring (bicyclic) bond motifs is 1. The number of carbonyl (C=O) groups is 1. The second kappa shape index (κ2) is 6.57. The van der Waals surface area contributed by atoms with Crippen LogP contribution in [-0.4, -0.2) is 19.8 Å². The third-order valence-corrected chi connectivity index (χ3v) is 3.99. The first kappa shape index (κ1) is 16.4. The summed E-state index contributed by atoms with van der Waals surface area (Å²) in [6, 6.07) is 7.21. The molecule has 126 valence electrons. The number of halogens is 2. The van der Waals surface area contributed by atoms with Gasteiger partial charge in [-0.3, -0.25) is 4.79 Å². The van der Waals surface area contributed by atoms with Crippen molar-refractivity contribution in [1.82, 2.24) is 5.32 Å². The second-order valence-electron chi connectivity index (χ2n) is 5.28. The smallest absolute Gasteiger partial charge is 0.251 e. The first-order valence-corrected chi connectivity index (χ1v) is 7.61. The average molecular weight is 352 g/mol. The molecule has 1 amide bonds. The van der Waals surface area contributed by atoms with E-state index in [9.17, 15) is 9.18 Å². The molecule has 3 rings (SSSR count). The molecule has 1 heterocycles. The van der Waals surface area contributed by atoms with Crippen LogP contribution < -0.4 is 19.5 Å². The van der Waals surface area contributed by atoms with Crippen molar-refractivity contribution in [3.63, 3.8) is 0 Å². The Labute approximate surface area is 143 Å². The summed E-state index contributed by atoms with van der Waals surface area (Å²) in [4.78, 5) is 12.4. The van der Waals surface area contributed by atoms with E-state index in [1.165, 1.54) is 25.3 Å². The van der Waals surface area contributed by atoms with E-state index in [1.807, 2.05) is 0 Å². The molecule has 0 bridgehead atoms. The molecule has 1 aliphatic rings. The van der Waals surface area contributed by atoms with E-state index < -0.39 is 11.9 Å². The van der Waals surface area contributed by atoms with Gasteiger partial charge in [0.15, 0.2) is 23.1 Å². The average Bonchev–Trinajstić information content (AvgIpc) is 3.03. The van der Waals surface area contributed by atoms with Crippen molar-refractivity contribution in [2.75, 3.05) is 13.9 Å². The van der Waals surface area contributed by atoms with E-state index in [0.717, 1.165) is 0 Å². The maximum atomic E-state index is 13.8. The summed E-state index contributed by atoms with van der Waals surface area (Å²) in [5, 5.41) is 3.10. The van der Waals surface area contributed by atoms with Crippen LogP contribution in [0.3, 0.4) is 0 Å². The number of ether oxygens (including phenoxy) is 3. The predicted octanol–water partition coefficient (Wildman–Crippen LogP) is 3.71. The van der Waals surface area contributed by atoms with Crippen LogP contribution in [0.1, 0.15) is 28.9 Å². The first-order chi connectivity index (χ1) is 11.5. The summed E-state index contributed by atoms with van der Waals surface area (Å²) in [5.41, 5.74) is 0.957. The van der Waals surface area contributed by atoms with Gasteiger partial charge in [-0.1, -0.05) is 17.7 Å². The standard InChI is InChI=1S/C17H15ClFNO4/c1-9(10-3-4-14(22-2)13(19)6-10)20-17(21)11-5-12(18)16-15(7-11)23-8-24-16/h3-7,9H,8H2,1-2H3,(H,20,21)/t9-/m0/s1. The van der Waals surface area contributed by atoms with Gasteiger partial charge in [-0.15, -0.1) is 0 Å². The van der Waals surface area contributed by atoms with E-state index >= 15 is 0 Å². The Balaban J connectivity index is 1.77. The van der Waals surface area contributed by atoms with Crippen molar-refractivity contribution in [1.29, 1.82) is 0 Å². The molecule has 0 aromatic heterocycles. The van der Waals surface area contributed by atoms with Crippen LogP contribution in [0.25, 0.3) is 0 Å². The van der Waals surface area contributed by atoms with Crippen LogP contribution >= 0.6 is 11.6 Å². The van der Waals surface area contributed by atoms with Crippen LogP contribution in [-0.2, 0) is 0 Å². The maximum absolute atomic E-state index is 13.8. The van der Waals surface area contributed by atoms with Crippen LogP contribution in [0, 0.1) is 5.82 Å².